The number of nitrogens with one attached hydrogen (secondary N) is 3. The maximum Gasteiger partial charge on any atom is 0.226 e. The molecule has 0 aliphatic carbocycles. The third-order valence-corrected chi connectivity index (χ3v) is 3.62. The normalized spacial score (nSPS) is 11.2. The van der Waals surface area contributed by atoms with Crippen LogP contribution in [0.25, 0.3) is 0 Å². The molecule has 1 aromatic heterocycles. The molecule has 128 valence electrons. The lowest BCUT2D eigenvalue weighted by Gasteiger charge is -2.11. The molecule has 0 atom stereocenters. The average Bonchev–Trinajstić information content (AvgIpc) is 3.08. The van der Waals surface area contributed by atoms with Gasteiger partial charge in [0.05, 0.1) is 6.26 Å². The fraction of sp³-hybridized carbons (Fsp3) is 0.294. The van der Waals surface area contributed by atoms with E-state index in [1.807, 2.05) is 43.3 Å². The van der Waals surface area contributed by atoms with Crippen molar-refractivity contribution >= 4 is 33.5 Å². The summed E-state index contributed by atoms with van der Waals surface area (Å²) in [7, 11) is 0. The Balaban J connectivity index is 1.76. The van der Waals surface area contributed by atoms with E-state index >= 15 is 0 Å². The van der Waals surface area contributed by atoms with E-state index in [0.29, 0.717) is 25.5 Å². The predicted octanol–water partition coefficient (Wildman–Crippen LogP) is 3.13. The van der Waals surface area contributed by atoms with Gasteiger partial charge in [0.15, 0.2) is 5.96 Å². The zero-order valence-electron chi connectivity index (χ0n) is 13.5. The van der Waals surface area contributed by atoms with Gasteiger partial charge in [0.25, 0.3) is 0 Å². The largest absolute Gasteiger partial charge is 0.467 e. The standard InChI is InChI=1S/C17H21BrN4O2/c1-2-19-17(21-12-15-4-3-11-24-15)20-10-9-16(23)22-14-7-5-13(18)6-8-14/h3-8,11H,2,9-10,12H2,1H3,(H,22,23)(H2,19,20,21). The SMILES string of the molecule is CCNC(=NCc1ccco1)NCCC(=O)Nc1ccc(Br)cc1. The van der Waals surface area contributed by atoms with E-state index in [-0.39, 0.29) is 5.91 Å². The van der Waals surface area contributed by atoms with Gasteiger partial charge in [-0.15, -0.1) is 0 Å². The monoisotopic (exact) mass is 392 g/mol. The Morgan fingerprint density at radius 3 is 2.67 bits per heavy atom. The highest BCUT2D eigenvalue weighted by Gasteiger charge is 2.04. The van der Waals surface area contributed by atoms with Gasteiger partial charge >= 0.3 is 0 Å². The third-order valence-electron chi connectivity index (χ3n) is 3.09. The van der Waals surface area contributed by atoms with E-state index in [0.717, 1.165) is 22.5 Å². The maximum absolute atomic E-state index is 11.9. The molecular weight excluding hydrogens is 372 g/mol. The van der Waals surface area contributed by atoms with Crippen LogP contribution in [0.15, 0.2) is 56.5 Å². The highest BCUT2D eigenvalue weighted by Crippen LogP contribution is 2.14. The van der Waals surface area contributed by atoms with Gasteiger partial charge in [0.1, 0.15) is 12.3 Å². The second-order valence-electron chi connectivity index (χ2n) is 5.01. The maximum atomic E-state index is 11.9. The number of halogens is 1. The molecule has 24 heavy (non-hydrogen) atoms. The summed E-state index contributed by atoms with van der Waals surface area (Å²) in [6, 6.07) is 11.2. The Bertz CT molecular complexity index is 654. The average molecular weight is 393 g/mol. The van der Waals surface area contributed by atoms with Crippen LogP contribution in [-0.4, -0.2) is 25.0 Å². The zero-order valence-corrected chi connectivity index (χ0v) is 15.1. The highest BCUT2D eigenvalue weighted by molar-refractivity contribution is 9.10. The first kappa shape index (κ1) is 18.1. The van der Waals surface area contributed by atoms with Crippen LogP contribution >= 0.6 is 15.9 Å². The minimum absolute atomic E-state index is 0.0493. The summed E-state index contributed by atoms with van der Waals surface area (Å²) in [5, 5.41) is 9.13. The molecular formula is C17H21BrN4O2. The highest BCUT2D eigenvalue weighted by atomic mass is 79.9. The van der Waals surface area contributed by atoms with Gasteiger partial charge in [-0.25, -0.2) is 4.99 Å². The number of guanidine groups is 1. The molecule has 0 aliphatic heterocycles. The molecule has 0 bridgehead atoms. The number of benzene rings is 1. The Labute approximate surface area is 149 Å². The smallest absolute Gasteiger partial charge is 0.226 e. The lowest BCUT2D eigenvalue weighted by molar-refractivity contribution is -0.116. The molecule has 0 fully saturated rings. The van der Waals surface area contributed by atoms with Gasteiger partial charge in [-0.05, 0) is 43.3 Å². The molecule has 0 spiro atoms. The molecule has 0 saturated carbocycles. The molecule has 0 aliphatic rings. The van der Waals surface area contributed by atoms with Crippen LogP contribution in [0.5, 0.6) is 0 Å². The quantitative estimate of drug-likeness (QED) is 0.499. The Kier molecular flexibility index (Phi) is 7.35. The van der Waals surface area contributed by atoms with E-state index in [9.17, 15) is 4.79 Å². The summed E-state index contributed by atoms with van der Waals surface area (Å²) in [4.78, 5) is 16.4. The van der Waals surface area contributed by atoms with Crippen molar-refractivity contribution in [2.24, 2.45) is 4.99 Å². The second kappa shape index (κ2) is 9.77. The van der Waals surface area contributed by atoms with Crippen LogP contribution in [0.2, 0.25) is 0 Å². The number of furan rings is 1. The topological polar surface area (TPSA) is 78.7 Å². The number of rotatable bonds is 7. The first-order chi connectivity index (χ1) is 11.7. The summed E-state index contributed by atoms with van der Waals surface area (Å²) in [6.07, 6.45) is 1.97. The van der Waals surface area contributed by atoms with Crippen molar-refractivity contribution < 1.29 is 9.21 Å². The van der Waals surface area contributed by atoms with Crippen molar-refractivity contribution in [3.8, 4) is 0 Å². The number of carbonyl (C=O) groups excluding carboxylic acids is 1. The van der Waals surface area contributed by atoms with Gasteiger partial charge in [-0.1, -0.05) is 15.9 Å². The van der Waals surface area contributed by atoms with E-state index in [4.69, 9.17) is 4.42 Å². The first-order valence-electron chi connectivity index (χ1n) is 7.77. The molecule has 0 unspecified atom stereocenters. The number of anilines is 1. The van der Waals surface area contributed by atoms with E-state index in [1.54, 1.807) is 6.26 Å². The van der Waals surface area contributed by atoms with E-state index in [1.165, 1.54) is 0 Å². The molecule has 3 N–H and O–H groups in total. The van der Waals surface area contributed by atoms with Crippen molar-refractivity contribution in [2.45, 2.75) is 19.9 Å². The molecule has 7 heteroatoms. The van der Waals surface area contributed by atoms with Gasteiger partial charge in [0.2, 0.25) is 5.91 Å². The fourth-order valence-corrected chi connectivity index (χ4v) is 2.22. The van der Waals surface area contributed by atoms with Crippen LogP contribution < -0.4 is 16.0 Å². The molecule has 2 aromatic rings. The number of amides is 1. The molecule has 0 radical (unpaired) electrons. The number of hydrogen-bond donors (Lipinski definition) is 3. The number of aliphatic imine (C=N–C) groups is 1. The Hall–Kier alpha value is -2.28. The fourth-order valence-electron chi connectivity index (χ4n) is 1.95. The van der Waals surface area contributed by atoms with Crippen LogP contribution in [0.4, 0.5) is 5.69 Å². The first-order valence-corrected chi connectivity index (χ1v) is 8.56. The second-order valence-corrected chi connectivity index (χ2v) is 5.92. The van der Waals surface area contributed by atoms with Crippen LogP contribution in [-0.2, 0) is 11.3 Å². The number of hydrogen-bond acceptors (Lipinski definition) is 3. The van der Waals surface area contributed by atoms with Crippen LogP contribution in [0.3, 0.4) is 0 Å². The molecule has 1 amide bonds. The van der Waals surface area contributed by atoms with Crippen molar-refractivity contribution in [3.63, 3.8) is 0 Å². The van der Waals surface area contributed by atoms with E-state index < -0.39 is 0 Å². The van der Waals surface area contributed by atoms with E-state index in [2.05, 4.69) is 36.9 Å². The molecule has 6 nitrogen and oxygen atoms in total. The van der Waals surface area contributed by atoms with Crippen molar-refractivity contribution in [2.75, 3.05) is 18.4 Å². The van der Waals surface area contributed by atoms with Crippen molar-refractivity contribution in [1.82, 2.24) is 10.6 Å². The minimum atomic E-state index is -0.0493. The number of nitrogens with zero attached hydrogens (tertiary/aromatic N) is 1. The summed E-state index contributed by atoms with van der Waals surface area (Å²) < 4.78 is 6.23. The molecule has 1 heterocycles. The Morgan fingerprint density at radius 2 is 2.00 bits per heavy atom. The predicted molar refractivity (Wildman–Crippen MR) is 98.9 cm³/mol. The summed E-state index contributed by atoms with van der Waals surface area (Å²) in [6.45, 7) is 3.68. The minimum Gasteiger partial charge on any atom is -0.467 e. The lowest BCUT2D eigenvalue weighted by atomic mass is 10.3. The van der Waals surface area contributed by atoms with Gasteiger partial charge in [0, 0.05) is 29.7 Å². The van der Waals surface area contributed by atoms with Crippen molar-refractivity contribution in [3.05, 3.63) is 52.9 Å². The zero-order chi connectivity index (χ0) is 17.2. The third kappa shape index (κ3) is 6.45. The van der Waals surface area contributed by atoms with Gasteiger partial charge < -0.3 is 20.4 Å². The number of carbonyl (C=O) groups is 1. The summed E-state index contributed by atoms with van der Waals surface area (Å²) in [5.74, 6) is 1.40. The molecule has 0 saturated heterocycles. The van der Waals surface area contributed by atoms with Crippen LogP contribution in [0.1, 0.15) is 19.1 Å². The molecule has 1 aromatic carbocycles. The van der Waals surface area contributed by atoms with Gasteiger partial charge in [-0.3, -0.25) is 4.79 Å². The van der Waals surface area contributed by atoms with Crippen LogP contribution in [0, 0.1) is 0 Å². The summed E-state index contributed by atoms with van der Waals surface area (Å²) in [5.41, 5.74) is 0.779. The molecule has 2 rings (SSSR count). The lowest BCUT2D eigenvalue weighted by Crippen LogP contribution is -2.38. The Morgan fingerprint density at radius 1 is 1.21 bits per heavy atom. The van der Waals surface area contributed by atoms with Crippen molar-refractivity contribution in [1.29, 1.82) is 0 Å². The summed E-state index contributed by atoms with van der Waals surface area (Å²) >= 11 is 3.36. The van der Waals surface area contributed by atoms with Gasteiger partial charge in [-0.2, -0.15) is 0 Å².